The van der Waals surface area contributed by atoms with E-state index in [1.54, 1.807) is 0 Å². The highest BCUT2D eigenvalue weighted by molar-refractivity contribution is 5.84. The Morgan fingerprint density at radius 3 is 2.87 bits per heavy atom. The molecule has 0 aromatic rings. The van der Waals surface area contributed by atoms with Crippen LogP contribution in [0.25, 0.3) is 0 Å². The van der Waals surface area contributed by atoms with Crippen LogP contribution in [0.3, 0.4) is 0 Å². The number of likely N-dealkylation sites (N-methyl/N-ethyl adjacent to an activating group) is 1. The van der Waals surface area contributed by atoms with E-state index in [0.29, 0.717) is 11.9 Å². The summed E-state index contributed by atoms with van der Waals surface area (Å²) in [7, 11) is 0. The van der Waals surface area contributed by atoms with Crippen LogP contribution in [0.2, 0.25) is 0 Å². The van der Waals surface area contributed by atoms with E-state index in [1.165, 1.54) is 12.8 Å². The molecule has 0 aromatic heterocycles. The first-order chi connectivity index (χ1) is 7.20. The zero-order valence-corrected chi connectivity index (χ0v) is 10.3. The fourth-order valence-corrected chi connectivity index (χ4v) is 2.23. The third-order valence-corrected chi connectivity index (χ3v) is 3.20. The lowest BCUT2D eigenvalue weighted by molar-refractivity contribution is -0.131. The Kier molecular flexibility index (Phi) is 5.09. The fourth-order valence-electron chi connectivity index (χ4n) is 2.23. The number of hydrogen-bond acceptors (Lipinski definition) is 2. The number of hydrogen-bond donors (Lipinski definition) is 1. The molecule has 1 saturated heterocycles. The minimum absolute atomic E-state index is 0.0825. The summed E-state index contributed by atoms with van der Waals surface area (Å²) in [5.74, 6) is 0.306. The Labute approximate surface area is 93.2 Å². The Morgan fingerprint density at radius 1 is 1.53 bits per heavy atom. The SMILES string of the molecule is CCCCC(C)N1CCC(NCC)C1=O. The second-order valence-electron chi connectivity index (χ2n) is 4.42. The van der Waals surface area contributed by atoms with Gasteiger partial charge in [0, 0.05) is 12.6 Å². The van der Waals surface area contributed by atoms with Gasteiger partial charge < -0.3 is 10.2 Å². The van der Waals surface area contributed by atoms with Crippen molar-refractivity contribution >= 4 is 5.91 Å². The predicted octanol–water partition coefficient (Wildman–Crippen LogP) is 1.78. The molecule has 2 unspecified atom stereocenters. The number of rotatable bonds is 6. The van der Waals surface area contributed by atoms with E-state index in [2.05, 4.69) is 26.1 Å². The summed E-state index contributed by atoms with van der Waals surface area (Å²) in [6.07, 6.45) is 4.55. The number of nitrogens with one attached hydrogen (secondary N) is 1. The predicted molar refractivity (Wildman–Crippen MR) is 62.8 cm³/mol. The molecule has 0 saturated carbocycles. The van der Waals surface area contributed by atoms with Gasteiger partial charge in [0.2, 0.25) is 5.91 Å². The molecule has 0 spiro atoms. The number of carbonyl (C=O) groups excluding carboxylic acids is 1. The average molecular weight is 212 g/mol. The van der Waals surface area contributed by atoms with Gasteiger partial charge >= 0.3 is 0 Å². The monoisotopic (exact) mass is 212 g/mol. The van der Waals surface area contributed by atoms with Gasteiger partial charge in [-0.05, 0) is 26.3 Å². The van der Waals surface area contributed by atoms with Crippen molar-refractivity contribution in [1.29, 1.82) is 0 Å². The summed E-state index contributed by atoms with van der Waals surface area (Å²) in [4.78, 5) is 14.0. The molecule has 3 nitrogen and oxygen atoms in total. The molecular weight excluding hydrogens is 188 g/mol. The lowest BCUT2D eigenvalue weighted by Gasteiger charge is -2.24. The van der Waals surface area contributed by atoms with Gasteiger partial charge in [-0.2, -0.15) is 0 Å². The van der Waals surface area contributed by atoms with Crippen LogP contribution in [0, 0.1) is 0 Å². The highest BCUT2D eigenvalue weighted by Crippen LogP contribution is 2.17. The van der Waals surface area contributed by atoms with Crippen LogP contribution in [0.15, 0.2) is 0 Å². The molecule has 1 aliphatic rings. The molecule has 2 atom stereocenters. The Morgan fingerprint density at radius 2 is 2.27 bits per heavy atom. The van der Waals surface area contributed by atoms with Crippen molar-refractivity contribution in [3.8, 4) is 0 Å². The highest BCUT2D eigenvalue weighted by atomic mass is 16.2. The van der Waals surface area contributed by atoms with Crippen LogP contribution in [0.1, 0.15) is 46.5 Å². The molecule has 0 aliphatic carbocycles. The number of nitrogens with zero attached hydrogens (tertiary/aromatic N) is 1. The van der Waals surface area contributed by atoms with E-state index in [9.17, 15) is 4.79 Å². The summed E-state index contributed by atoms with van der Waals surface area (Å²) in [5.41, 5.74) is 0. The maximum atomic E-state index is 12.0. The maximum Gasteiger partial charge on any atom is 0.240 e. The van der Waals surface area contributed by atoms with Gasteiger partial charge in [0.15, 0.2) is 0 Å². The molecule has 1 aliphatic heterocycles. The molecule has 0 radical (unpaired) electrons. The van der Waals surface area contributed by atoms with E-state index in [0.717, 1.165) is 25.9 Å². The van der Waals surface area contributed by atoms with Crippen molar-refractivity contribution in [2.24, 2.45) is 0 Å². The van der Waals surface area contributed by atoms with Crippen LogP contribution < -0.4 is 5.32 Å². The van der Waals surface area contributed by atoms with Crippen molar-refractivity contribution in [2.45, 2.75) is 58.5 Å². The third-order valence-electron chi connectivity index (χ3n) is 3.20. The molecule has 1 heterocycles. The molecular formula is C12H24N2O. The van der Waals surface area contributed by atoms with Crippen molar-refractivity contribution in [3.05, 3.63) is 0 Å². The molecule has 1 rings (SSSR count). The normalized spacial score (nSPS) is 23.5. The van der Waals surface area contributed by atoms with Gasteiger partial charge in [-0.25, -0.2) is 0 Å². The summed E-state index contributed by atoms with van der Waals surface area (Å²) >= 11 is 0. The maximum absolute atomic E-state index is 12.0. The van der Waals surface area contributed by atoms with Crippen LogP contribution >= 0.6 is 0 Å². The first kappa shape index (κ1) is 12.5. The number of amides is 1. The fraction of sp³-hybridized carbons (Fsp3) is 0.917. The van der Waals surface area contributed by atoms with Crippen LogP contribution in [0.4, 0.5) is 0 Å². The largest absolute Gasteiger partial charge is 0.339 e. The molecule has 1 N–H and O–H groups in total. The van der Waals surface area contributed by atoms with Gasteiger partial charge in [-0.3, -0.25) is 4.79 Å². The average Bonchev–Trinajstić information content (AvgIpc) is 2.58. The Bertz CT molecular complexity index is 206. The Balaban J connectivity index is 2.40. The van der Waals surface area contributed by atoms with Crippen LogP contribution in [-0.2, 0) is 4.79 Å². The van der Waals surface area contributed by atoms with Crippen molar-refractivity contribution < 1.29 is 4.79 Å². The topological polar surface area (TPSA) is 32.3 Å². The van der Waals surface area contributed by atoms with E-state index < -0.39 is 0 Å². The third kappa shape index (κ3) is 3.20. The Hall–Kier alpha value is -0.570. The minimum atomic E-state index is 0.0825. The molecule has 1 amide bonds. The van der Waals surface area contributed by atoms with Crippen molar-refractivity contribution in [3.63, 3.8) is 0 Å². The first-order valence-corrected chi connectivity index (χ1v) is 6.24. The molecule has 3 heteroatoms. The van der Waals surface area contributed by atoms with Crippen molar-refractivity contribution in [2.75, 3.05) is 13.1 Å². The summed E-state index contributed by atoms with van der Waals surface area (Å²) in [6.45, 7) is 8.23. The zero-order chi connectivity index (χ0) is 11.3. The quantitative estimate of drug-likeness (QED) is 0.728. The molecule has 1 fully saturated rings. The lowest BCUT2D eigenvalue weighted by atomic mass is 10.1. The number of unbranched alkanes of at least 4 members (excludes halogenated alkanes) is 1. The van der Waals surface area contributed by atoms with Crippen LogP contribution in [-0.4, -0.2) is 36.0 Å². The zero-order valence-electron chi connectivity index (χ0n) is 10.3. The summed E-state index contributed by atoms with van der Waals surface area (Å²) in [6, 6.07) is 0.500. The lowest BCUT2D eigenvalue weighted by Crippen LogP contribution is -2.41. The van der Waals surface area contributed by atoms with Gasteiger partial charge in [-0.1, -0.05) is 26.7 Å². The second-order valence-corrected chi connectivity index (χ2v) is 4.42. The van der Waals surface area contributed by atoms with E-state index in [4.69, 9.17) is 0 Å². The number of likely N-dealkylation sites (tertiary alicyclic amines) is 1. The smallest absolute Gasteiger partial charge is 0.240 e. The van der Waals surface area contributed by atoms with Gasteiger partial charge in [-0.15, -0.1) is 0 Å². The summed E-state index contributed by atoms with van der Waals surface area (Å²) < 4.78 is 0. The van der Waals surface area contributed by atoms with E-state index in [-0.39, 0.29) is 6.04 Å². The van der Waals surface area contributed by atoms with E-state index in [1.807, 2.05) is 4.90 Å². The van der Waals surface area contributed by atoms with Gasteiger partial charge in [0.05, 0.1) is 6.04 Å². The highest BCUT2D eigenvalue weighted by Gasteiger charge is 2.33. The van der Waals surface area contributed by atoms with Crippen molar-refractivity contribution in [1.82, 2.24) is 10.2 Å². The molecule has 0 bridgehead atoms. The summed E-state index contributed by atoms with van der Waals surface area (Å²) in [5, 5.41) is 3.24. The standard InChI is InChI=1S/C12H24N2O/c1-4-6-7-10(3)14-9-8-11(12(14)15)13-5-2/h10-11,13H,4-9H2,1-3H3. The van der Waals surface area contributed by atoms with E-state index >= 15 is 0 Å². The van der Waals surface area contributed by atoms with Gasteiger partial charge in [0.25, 0.3) is 0 Å². The first-order valence-electron chi connectivity index (χ1n) is 6.24. The van der Waals surface area contributed by atoms with Crippen LogP contribution in [0.5, 0.6) is 0 Å². The second kappa shape index (κ2) is 6.11. The molecule has 88 valence electrons. The molecule has 15 heavy (non-hydrogen) atoms. The van der Waals surface area contributed by atoms with Gasteiger partial charge in [0.1, 0.15) is 0 Å². The molecule has 0 aromatic carbocycles. The minimum Gasteiger partial charge on any atom is -0.339 e. The number of carbonyl (C=O) groups is 1.